The first-order valence-electron chi connectivity index (χ1n) is 25.0. The smallest absolute Gasteiger partial charge is 0.462 e. The van der Waals surface area contributed by atoms with Crippen molar-refractivity contribution in [2.45, 2.75) is 223 Å². The predicted molar refractivity (Wildman–Crippen MR) is 259 cm³/mol. The molecule has 0 bridgehead atoms. The minimum Gasteiger partial charge on any atom is -0.462 e. The number of epoxide rings is 1. The summed E-state index contributed by atoms with van der Waals surface area (Å²) in [6.07, 6.45) is 29.1. The Balaban J connectivity index is 1.80. The van der Waals surface area contributed by atoms with Crippen LogP contribution in [0.4, 0.5) is 0 Å². The highest BCUT2D eigenvalue weighted by Crippen LogP contribution is 2.49. The monoisotopic (exact) mass is 1010 g/mol. The van der Waals surface area contributed by atoms with Gasteiger partial charge in [-0.3, -0.25) is 23.2 Å². The summed E-state index contributed by atoms with van der Waals surface area (Å²) in [6.45, 7) is 3.00. The third kappa shape index (κ3) is 29.8. The van der Waals surface area contributed by atoms with Crippen LogP contribution < -0.4 is 0 Å². The van der Waals surface area contributed by atoms with Crippen molar-refractivity contribution in [3.63, 3.8) is 0 Å². The zero-order valence-electron chi connectivity index (χ0n) is 40.5. The van der Waals surface area contributed by atoms with Gasteiger partial charge >= 0.3 is 27.6 Å². The number of aliphatic hydroxyl groups is 4. The fourth-order valence-corrected chi connectivity index (χ4v) is 8.98. The van der Waals surface area contributed by atoms with Crippen LogP contribution in [0.5, 0.6) is 0 Å². The van der Waals surface area contributed by atoms with Crippen molar-refractivity contribution in [1.29, 1.82) is 0 Å². The van der Waals surface area contributed by atoms with Crippen LogP contribution in [-0.4, -0.2) is 115 Å². The molecule has 7 N–H and O–H groups in total. The van der Waals surface area contributed by atoms with Crippen molar-refractivity contribution in [3.8, 4) is 0 Å². The molecule has 1 saturated carbocycles. The van der Waals surface area contributed by atoms with Gasteiger partial charge in [0.15, 0.2) is 6.10 Å². The number of phosphoric ester groups is 2. The van der Waals surface area contributed by atoms with Crippen molar-refractivity contribution >= 4 is 27.6 Å². The van der Waals surface area contributed by atoms with Crippen molar-refractivity contribution in [1.82, 2.24) is 0 Å². The zero-order chi connectivity index (χ0) is 50.0. The lowest BCUT2D eigenvalue weighted by atomic mass is 9.85. The van der Waals surface area contributed by atoms with Crippen LogP contribution in [0.1, 0.15) is 168 Å². The molecule has 2 fully saturated rings. The summed E-state index contributed by atoms with van der Waals surface area (Å²) in [5.41, 5.74) is 0. The zero-order valence-corrected chi connectivity index (χ0v) is 42.3. The average molecular weight is 1010 g/mol. The van der Waals surface area contributed by atoms with E-state index in [0.29, 0.717) is 25.4 Å². The first-order chi connectivity index (χ1) is 32.6. The number of phosphoric acid groups is 2. The molecule has 1 saturated heterocycles. The van der Waals surface area contributed by atoms with E-state index >= 15 is 0 Å². The number of hydrogen-bond donors (Lipinski definition) is 7. The molecule has 2 aliphatic rings. The molecule has 392 valence electrons. The standard InChI is InChI=1S/C49H84O17P2/c1-3-5-7-9-11-12-13-14-15-16-17-18-19-20-23-28-32-36-43(51)63-39(38-62-68(59,60)66-49-46(54)44(52)45(53)48(47(49)55)65-67(56,57)58)37-61-42(50)35-31-27-24-21-22-26-30-34-41-40(64-41)33-29-25-10-8-6-4-2/h11-12,14-15,21,24-26,29-30,39-41,44-49,52-55H,3-10,13,16-20,22-23,27-28,31-38H2,1-2H3,(H,59,60)(H2,56,57,58)/b12-11-,15-14-,24-21-,29-25-,30-26-/t39-,40?,41?,44?,45?,46?,47?,48-,49+/m1/s1. The van der Waals surface area contributed by atoms with Gasteiger partial charge in [-0.2, -0.15) is 0 Å². The summed E-state index contributed by atoms with van der Waals surface area (Å²) in [6, 6.07) is 0. The number of hydrogen-bond acceptors (Lipinski definition) is 14. The average Bonchev–Trinajstić information content (AvgIpc) is 4.05. The highest BCUT2D eigenvalue weighted by atomic mass is 31.2. The summed E-state index contributed by atoms with van der Waals surface area (Å²) in [5, 5.41) is 41.3. The molecule has 68 heavy (non-hydrogen) atoms. The molecule has 17 nitrogen and oxygen atoms in total. The van der Waals surface area contributed by atoms with Gasteiger partial charge in [-0.25, -0.2) is 9.13 Å². The van der Waals surface area contributed by atoms with E-state index in [1.807, 2.05) is 12.2 Å². The van der Waals surface area contributed by atoms with Crippen LogP contribution in [0.3, 0.4) is 0 Å². The first kappa shape index (κ1) is 61.8. The van der Waals surface area contributed by atoms with E-state index in [0.717, 1.165) is 83.5 Å². The number of rotatable bonds is 40. The molecule has 0 aromatic rings. The Labute approximate surface area is 404 Å². The van der Waals surface area contributed by atoms with Crippen LogP contribution in [0.25, 0.3) is 0 Å². The summed E-state index contributed by atoms with van der Waals surface area (Å²) < 4.78 is 55.1. The minimum atomic E-state index is -5.38. The number of aliphatic hydroxyl groups excluding tert-OH is 4. The van der Waals surface area contributed by atoms with E-state index < -0.39 is 83.5 Å². The van der Waals surface area contributed by atoms with Gasteiger partial charge in [0, 0.05) is 12.8 Å². The SMILES string of the molecule is CCCCC/C=C\C/C=C\CCCCCCCCCC(=O)O[C@H](COC(=O)CCC/C=C\C/C=C\CC1OC1C/C=C\CCCCC)COP(=O)(O)O[C@H]1C(O)C(O)C(O)[C@@H](OP(=O)(O)O)C1O. The maximum atomic E-state index is 13.0. The van der Waals surface area contributed by atoms with Gasteiger partial charge in [-0.15, -0.1) is 0 Å². The summed E-state index contributed by atoms with van der Waals surface area (Å²) in [7, 11) is -10.7. The molecule has 0 aromatic heterocycles. The highest BCUT2D eigenvalue weighted by molar-refractivity contribution is 7.47. The molecule has 0 radical (unpaired) electrons. The van der Waals surface area contributed by atoms with Crippen molar-refractivity contribution in [2.24, 2.45) is 0 Å². The van der Waals surface area contributed by atoms with Gasteiger partial charge in [0.25, 0.3) is 0 Å². The second-order valence-electron chi connectivity index (χ2n) is 17.6. The molecule has 7 unspecified atom stereocenters. The Morgan fingerprint density at radius 1 is 0.529 bits per heavy atom. The van der Waals surface area contributed by atoms with Crippen molar-refractivity contribution < 1.29 is 81.6 Å². The predicted octanol–water partition coefficient (Wildman–Crippen LogP) is 8.83. The van der Waals surface area contributed by atoms with Gasteiger partial charge in [0.1, 0.15) is 43.2 Å². The quantitative estimate of drug-likeness (QED) is 0.00993. The van der Waals surface area contributed by atoms with E-state index in [1.54, 1.807) is 0 Å². The van der Waals surface area contributed by atoms with E-state index in [4.69, 9.17) is 23.3 Å². The molecule has 0 aromatic carbocycles. The van der Waals surface area contributed by atoms with E-state index in [1.165, 1.54) is 38.5 Å². The third-order valence-electron chi connectivity index (χ3n) is 11.5. The maximum absolute atomic E-state index is 13.0. The second-order valence-corrected chi connectivity index (χ2v) is 20.2. The summed E-state index contributed by atoms with van der Waals surface area (Å²) >= 11 is 0. The molecular weight excluding hydrogens is 922 g/mol. The third-order valence-corrected chi connectivity index (χ3v) is 13.0. The normalized spacial score (nSPS) is 24.7. The van der Waals surface area contributed by atoms with Crippen LogP contribution in [0.15, 0.2) is 60.8 Å². The molecule has 10 atom stereocenters. The minimum absolute atomic E-state index is 0.0183. The Hall–Kier alpha value is -2.34. The second kappa shape index (κ2) is 36.6. The number of carbonyl (C=O) groups is 2. The fourth-order valence-electron chi connectivity index (χ4n) is 7.44. The maximum Gasteiger partial charge on any atom is 0.472 e. The number of unbranched alkanes of at least 4 members (excludes halogenated alkanes) is 14. The molecule has 1 aliphatic carbocycles. The molecule has 1 heterocycles. The molecule has 19 heteroatoms. The number of allylic oxidation sites excluding steroid dienone is 8. The summed E-state index contributed by atoms with van der Waals surface area (Å²) in [5.74, 6) is -1.29. The molecular formula is C49H84O17P2. The largest absolute Gasteiger partial charge is 0.472 e. The van der Waals surface area contributed by atoms with Gasteiger partial charge in [0.05, 0.1) is 18.8 Å². The number of ether oxygens (including phenoxy) is 3. The van der Waals surface area contributed by atoms with E-state index in [2.05, 4.69) is 67.0 Å². The van der Waals surface area contributed by atoms with Crippen molar-refractivity contribution in [3.05, 3.63) is 60.8 Å². The van der Waals surface area contributed by atoms with Crippen LogP contribution in [0, 0.1) is 0 Å². The van der Waals surface area contributed by atoms with Gasteiger partial charge in [-0.05, 0) is 83.5 Å². The van der Waals surface area contributed by atoms with E-state index in [-0.39, 0.29) is 18.9 Å². The highest BCUT2D eigenvalue weighted by Gasteiger charge is 2.54. The first-order valence-corrected chi connectivity index (χ1v) is 28.0. The van der Waals surface area contributed by atoms with Crippen LogP contribution in [0.2, 0.25) is 0 Å². The molecule has 0 spiro atoms. The Bertz CT molecular complexity index is 1610. The topological polar surface area (TPSA) is 269 Å². The van der Waals surface area contributed by atoms with Crippen LogP contribution >= 0.6 is 15.6 Å². The van der Waals surface area contributed by atoms with Gasteiger partial charge < -0.3 is 49.3 Å². The summed E-state index contributed by atoms with van der Waals surface area (Å²) in [4.78, 5) is 54.4. The van der Waals surface area contributed by atoms with Gasteiger partial charge in [-0.1, -0.05) is 132 Å². The fraction of sp³-hybridized carbons (Fsp3) is 0.755. The Kier molecular flexibility index (Phi) is 33.2. The number of esters is 2. The lowest BCUT2D eigenvalue weighted by Gasteiger charge is -2.43. The molecule has 1 aliphatic heterocycles. The van der Waals surface area contributed by atoms with Crippen molar-refractivity contribution in [2.75, 3.05) is 13.2 Å². The number of carbonyl (C=O) groups excluding carboxylic acids is 2. The Morgan fingerprint density at radius 3 is 1.54 bits per heavy atom. The molecule has 0 amide bonds. The lowest BCUT2D eigenvalue weighted by molar-refractivity contribution is -0.216. The Morgan fingerprint density at radius 2 is 0.985 bits per heavy atom. The molecule has 2 rings (SSSR count). The lowest BCUT2D eigenvalue weighted by Crippen LogP contribution is -2.64. The van der Waals surface area contributed by atoms with E-state index in [9.17, 15) is 53.8 Å². The van der Waals surface area contributed by atoms with Gasteiger partial charge in [0.2, 0.25) is 0 Å². The van der Waals surface area contributed by atoms with Crippen LogP contribution in [-0.2, 0) is 46.5 Å².